The molecule has 0 spiro atoms. The predicted octanol–water partition coefficient (Wildman–Crippen LogP) is 4.52. The van der Waals surface area contributed by atoms with Crippen LogP contribution >= 0.6 is 0 Å². The Morgan fingerprint density at radius 2 is 1.83 bits per heavy atom. The zero-order chi connectivity index (χ0) is 16.3. The maximum atomic E-state index is 11.7. The van der Waals surface area contributed by atoms with Gasteiger partial charge in [-0.1, -0.05) is 57.2 Å². The van der Waals surface area contributed by atoms with Crippen LogP contribution in [0.2, 0.25) is 0 Å². The van der Waals surface area contributed by atoms with Crippen molar-refractivity contribution in [3.63, 3.8) is 0 Å². The van der Waals surface area contributed by atoms with Crippen LogP contribution in [0.5, 0.6) is 5.75 Å². The molecule has 0 fully saturated rings. The molecule has 0 saturated carbocycles. The lowest BCUT2D eigenvalue weighted by molar-refractivity contribution is -0.146. The van der Waals surface area contributed by atoms with Crippen molar-refractivity contribution in [1.82, 2.24) is 4.98 Å². The van der Waals surface area contributed by atoms with Gasteiger partial charge in [0.05, 0.1) is 6.61 Å². The highest BCUT2D eigenvalue weighted by Crippen LogP contribution is 2.22. The van der Waals surface area contributed by atoms with Crippen molar-refractivity contribution in [1.29, 1.82) is 0 Å². The summed E-state index contributed by atoms with van der Waals surface area (Å²) in [7, 11) is 0. The van der Waals surface area contributed by atoms with Gasteiger partial charge in [-0.05, 0) is 18.6 Å². The molecule has 0 aliphatic carbocycles. The quantitative estimate of drug-likeness (QED) is 0.478. The standard InChI is InChI=1S/C19H25NO3/c1-2-3-4-5-6-7-14-22-18(21)15-23-17-12-8-10-16-11-9-13-20-19(16)17/h8-13H,2-7,14-15H2,1H3. The van der Waals surface area contributed by atoms with Gasteiger partial charge in [-0.3, -0.25) is 4.98 Å². The van der Waals surface area contributed by atoms with Gasteiger partial charge in [-0.25, -0.2) is 4.79 Å². The number of carbonyl (C=O) groups excluding carboxylic acids is 1. The number of carbonyl (C=O) groups is 1. The number of pyridine rings is 1. The first-order valence-electron chi connectivity index (χ1n) is 8.43. The molecule has 0 N–H and O–H groups in total. The molecule has 0 bridgehead atoms. The van der Waals surface area contributed by atoms with Crippen LogP contribution in [-0.2, 0) is 9.53 Å². The minimum absolute atomic E-state index is 0.0779. The summed E-state index contributed by atoms with van der Waals surface area (Å²) in [6.45, 7) is 2.60. The molecular weight excluding hydrogens is 290 g/mol. The van der Waals surface area contributed by atoms with Crippen LogP contribution in [0.4, 0.5) is 0 Å². The zero-order valence-electron chi connectivity index (χ0n) is 13.8. The third-order valence-electron chi connectivity index (χ3n) is 3.70. The summed E-state index contributed by atoms with van der Waals surface area (Å²) < 4.78 is 10.8. The van der Waals surface area contributed by atoms with E-state index in [0.717, 1.165) is 23.7 Å². The summed E-state index contributed by atoms with van der Waals surface area (Å²) in [5, 5.41) is 0.991. The van der Waals surface area contributed by atoms with Crippen molar-refractivity contribution in [3.8, 4) is 5.75 Å². The average Bonchev–Trinajstić information content (AvgIpc) is 2.59. The second-order valence-corrected chi connectivity index (χ2v) is 5.61. The van der Waals surface area contributed by atoms with Crippen LogP contribution in [0.15, 0.2) is 36.5 Å². The molecule has 0 saturated heterocycles. The largest absolute Gasteiger partial charge is 0.480 e. The molecule has 0 amide bonds. The number of unbranched alkanes of at least 4 members (excludes halogenated alkanes) is 5. The molecule has 4 nitrogen and oxygen atoms in total. The molecule has 0 atom stereocenters. The van der Waals surface area contributed by atoms with E-state index in [9.17, 15) is 4.79 Å². The summed E-state index contributed by atoms with van der Waals surface area (Å²) >= 11 is 0. The van der Waals surface area contributed by atoms with Crippen LogP contribution in [0, 0.1) is 0 Å². The van der Waals surface area contributed by atoms with E-state index in [1.807, 2.05) is 30.3 Å². The Hall–Kier alpha value is -2.10. The Morgan fingerprint density at radius 3 is 2.70 bits per heavy atom. The number of esters is 1. The van der Waals surface area contributed by atoms with Crippen molar-refractivity contribution in [2.45, 2.75) is 45.4 Å². The predicted molar refractivity (Wildman–Crippen MR) is 91.6 cm³/mol. The van der Waals surface area contributed by atoms with Gasteiger partial charge in [-0.2, -0.15) is 0 Å². The van der Waals surface area contributed by atoms with Crippen molar-refractivity contribution in [2.24, 2.45) is 0 Å². The maximum absolute atomic E-state index is 11.7. The molecule has 1 heterocycles. The van der Waals surface area contributed by atoms with Crippen LogP contribution in [0.25, 0.3) is 10.9 Å². The summed E-state index contributed by atoms with van der Waals surface area (Å²) in [5.74, 6) is 0.283. The Morgan fingerprint density at radius 1 is 1.04 bits per heavy atom. The first kappa shape index (κ1) is 17.3. The van der Waals surface area contributed by atoms with Gasteiger partial charge in [0.25, 0.3) is 0 Å². The Labute approximate surface area is 137 Å². The second-order valence-electron chi connectivity index (χ2n) is 5.61. The monoisotopic (exact) mass is 315 g/mol. The minimum Gasteiger partial charge on any atom is -0.480 e. The first-order chi connectivity index (χ1) is 11.3. The lowest BCUT2D eigenvalue weighted by atomic mass is 10.1. The molecular formula is C19H25NO3. The molecule has 0 aliphatic rings. The maximum Gasteiger partial charge on any atom is 0.344 e. The molecule has 1 aromatic heterocycles. The summed E-state index contributed by atoms with van der Waals surface area (Å²) in [6, 6.07) is 9.51. The van der Waals surface area contributed by atoms with Gasteiger partial charge < -0.3 is 9.47 Å². The third-order valence-corrected chi connectivity index (χ3v) is 3.70. The van der Waals surface area contributed by atoms with Gasteiger partial charge in [0.15, 0.2) is 6.61 Å². The molecule has 2 aromatic rings. The SMILES string of the molecule is CCCCCCCCOC(=O)COc1cccc2cccnc12. The molecule has 0 radical (unpaired) electrons. The number of hydrogen-bond donors (Lipinski definition) is 0. The average molecular weight is 315 g/mol. The Balaban J connectivity index is 1.68. The number of ether oxygens (including phenoxy) is 2. The normalized spacial score (nSPS) is 10.7. The number of fused-ring (bicyclic) bond motifs is 1. The number of aromatic nitrogens is 1. The fourth-order valence-electron chi connectivity index (χ4n) is 2.44. The summed E-state index contributed by atoms with van der Waals surface area (Å²) in [6.07, 6.45) is 8.76. The van der Waals surface area contributed by atoms with Gasteiger partial charge in [0.1, 0.15) is 11.3 Å². The lowest BCUT2D eigenvalue weighted by Crippen LogP contribution is -2.15. The van der Waals surface area contributed by atoms with E-state index in [4.69, 9.17) is 9.47 Å². The Kier molecular flexibility index (Phi) is 7.37. The van der Waals surface area contributed by atoms with Crippen molar-refractivity contribution in [3.05, 3.63) is 36.5 Å². The van der Waals surface area contributed by atoms with Crippen molar-refractivity contribution < 1.29 is 14.3 Å². The van der Waals surface area contributed by atoms with Gasteiger partial charge >= 0.3 is 5.97 Å². The third kappa shape index (κ3) is 5.89. The molecule has 1 aromatic carbocycles. The van der Waals surface area contributed by atoms with Crippen LogP contribution in [0.3, 0.4) is 0 Å². The van der Waals surface area contributed by atoms with E-state index in [2.05, 4.69) is 11.9 Å². The zero-order valence-corrected chi connectivity index (χ0v) is 13.8. The highest BCUT2D eigenvalue weighted by atomic mass is 16.6. The first-order valence-corrected chi connectivity index (χ1v) is 8.43. The van der Waals surface area contributed by atoms with Crippen LogP contribution in [-0.4, -0.2) is 24.2 Å². The summed E-state index contributed by atoms with van der Waals surface area (Å²) in [5.41, 5.74) is 0.763. The minimum atomic E-state index is -0.327. The van der Waals surface area contributed by atoms with Crippen LogP contribution < -0.4 is 4.74 Å². The number of nitrogens with zero attached hydrogens (tertiary/aromatic N) is 1. The molecule has 124 valence electrons. The Bertz CT molecular complexity index is 607. The molecule has 4 heteroatoms. The number of hydrogen-bond acceptors (Lipinski definition) is 4. The van der Waals surface area contributed by atoms with E-state index in [1.54, 1.807) is 6.20 Å². The van der Waals surface area contributed by atoms with Crippen molar-refractivity contribution in [2.75, 3.05) is 13.2 Å². The van der Waals surface area contributed by atoms with Crippen LogP contribution in [0.1, 0.15) is 45.4 Å². The molecule has 0 aliphatic heterocycles. The van der Waals surface area contributed by atoms with Gasteiger partial charge in [0.2, 0.25) is 0 Å². The highest BCUT2D eigenvalue weighted by molar-refractivity contribution is 5.84. The number of benzene rings is 1. The lowest BCUT2D eigenvalue weighted by Gasteiger charge is -2.08. The van der Waals surface area contributed by atoms with E-state index in [0.29, 0.717) is 12.4 Å². The summed E-state index contributed by atoms with van der Waals surface area (Å²) in [4.78, 5) is 16.0. The van der Waals surface area contributed by atoms with Gasteiger partial charge in [0, 0.05) is 11.6 Å². The molecule has 0 unspecified atom stereocenters. The highest BCUT2D eigenvalue weighted by Gasteiger charge is 2.07. The van der Waals surface area contributed by atoms with E-state index in [1.165, 1.54) is 25.7 Å². The van der Waals surface area contributed by atoms with E-state index >= 15 is 0 Å². The fourth-order valence-corrected chi connectivity index (χ4v) is 2.44. The second kappa shape index (κ2) is 9.82. The molecule has 2 rings (SSSR count). The topological polar surface area (TPSA) is 48.4 Å². The fraction of sp³-hybridized carbons (Fsp3) is 0.474. The van der Waals surface area contributed by atoms with E-state index in [-0.39, 0.29) is 12.6 Å². The van der Waals surface area contributed by atoms with E-state index < -0.39 is 0 Å². The number of para-hydroxylation sites is 1. The van der Waals surface area contributed by atoms with Crippen molar-refractivity contribution >= 4 is 16.9 Å². The molecule has 23 heavy (non-hydrogen) atoms. The number of rotatable bonds is 10. The smallest absolute Gasteiger partial charge is 0.344 e. The van der Waals surface area contributed by atoms with Gasteiger partial charge in [-0.15, -0.1) is 0 Å².